The summed E-state index contributed by atoms with van der Waals surface area (Å²) in [5.41, 5.74) is 1.32. The molecule has 1 aromatic carbocycles. The van der Waals surface area contributed by atoms with Gasteiger partial charge in [-0.15, -0.1) is 0 Å². The van der Waals surface area contributed by atoms with Crippen molar-refractivity contribution in [1.29, 1.82) is 0 Å². The smallest absolute Gasteiger partial charge is 0.238 e. The topological polar surface area (TPSA) is 90.5 Å². The van der Waals surface area contributed by atoms with Crippen LogP contribution in [-0.2, 0) is 14.4 Å². The molecule has 1 aromatic rings. The van der Waals surface area contributed by atoms with Crippen molar-refractivity contribution in [2.75, 3.05) is 23.7 Å². The Bertz CT molecular complexity index is 705. The SMILES string of the molecule is CCN(CC(=O)Nc1ccc(NC(C)=O)cc1)[C@H](C)C(=O)N[C@@H]1CCCC[C@@H]1C. The molecule has 1 fully saturated rings. The summed E-state index contributed by atoms with van der Waals surface area (Å²) in [6, 6.07) is 6.79. The highest BCUT2D eigenvalue weighted by atomic mass is 16.2. The third-order valence-electron chi connectivity index (χ3n) is 5.61. The van der Waals surface area contributed by atoms with Crippen LogP contribution in [0.25, 0.3) is 0 Å². The Hall–Kier alpha value is -2.41. The van der Waals surface area contributed by atoms with Gasteiger partial charge in [-0.2, -0.15) is 0 Å². The number of hydrogen-bond acceptors (Lipinski definition) is 4. The number of benzene rings is 1. The van der Waals surface area contributed by atoms with E-state index in [0.29, 0.717) is 23.8 Å². The summed E-state index contributed by atoms with van der Waals surface area (Å²) in [5, 5.41) is 8.71. The highest BCUT2D eigenvalue weighted by Gasteiger charge is 2.27. The zero-order valence-corrected chi connectivity index (χ0v) is 18.0. The van der Waals surface area contributed by atoms with Crippen LogP contribution in [-0.4, -0.2) is 47.8 Å². The maximum atomic E-state index is 12.7. The number of anilines is 2. The second-order valence-corrected chi connectivity index (χ2v) is 7.92. The summed E-state index contributed by atoms with van der Waals surface area (Å²) in [6.45, 7) is 8.17. The molecule has 3 amide bonds. The molecule has 0 bridgehead atoms. The fourth-order valence-corrected chi connectivity index (χ4v) is 3.75. The van der Waals surface area contributed by atoms with Gasteiger partial charge in [0, 0.05) is 24.3 Å². The van der Waals surface area contributed by atoms with Crippen LogP contribution in [0.5, 0.6) is 0 Å². The Labute approximate surface area is 173 Å². The number of rotatable bonds is 8. The van der Waals surface area contributed by atoms with Crippen molar-refractivity contribution in [2.45, 2.75) is 65.5 Å². The predicted octanol–water partition coefficient (Wildman–Crippen LogP) is 2.99. The van der Waals surface area contributed by atoms with Crippen molar-refractivity contribution in [2.24, 2.45) is 5.92 Å². The van der Waals surface area contributed by atoms with Crippen LogP contribution >= 0.6 is 0 Å². The minimum absolute atomic E-state index is 0.0157. The zero-order valence-electron chi connectivity index (χ0n) is 18.0. The van der Waals surface area contributed by atoms with Gasteiger partial charge in [-0.05, 0) is 56.5 Å². The van der Waals surface area contributed by atoms with Gasteiger partial charge < -0.3 is 16.0 Å². The van der Waals surface area contributed by atoms with Gasteiger partial charge in [-0.25, -0.2) is 0 Å². The van der Waals surface area contributed by atoms with Gasteiger partial charge in [0.25, 0.3) is 0 Å². The average molecular weight is 403 g/mol. The Kier molecular flexibility index (Phi) is 8.64. The molecular weight excluding hydrogens is 368 g/mol. The first-order chi connectivity index (χ1) is 13.8. The van der Waals surface area contributed by atoms with Crippen LogP contribution in [0.3, 0.4) is 0 Å². The van der Waals surface area contributed by atoms with Crippen LogP contribution in [0.1, 0.15) is 53.4 Å². The molecule has 160 valence electrons. The van der Waals surface area contributed by atoms with Gasteiger partial charge in [0.1, 0.15) is 0 Å². The fourth-order valence-electron chi connectivity index (χ4n) is 3.75. The first-order valence-corrected chi connectivity index (χ1v) is 10.5. The van der Waals surface area contributed by atoms with Gasteiger partial charge in [-0.1, -0.05) is 26.7 Å². The third kappa shape index (κ3) is 7.16. The third-order valence-corrected chi connectivity index (χ3v) is 5.61. The molecule has 7 heteroatoms. The van der Waals surface area contributed by atoms with Crippen molar-refractivity contribution in [3.8, 4) is 0 Å². The average Bonchev–Trinajstić information content (AvgIpc) is 2.68. The summed E-state index contributed by atoms with van der Waals surface area (Å²) < 4.78 is 0. The van der Waals surface area contributed by atoms with E-state index in [1.807, 2.05) is 18.7 Å². The number of nitrogens with one attached hydrogen (secondary N) is 3. The fraction of sp³-hybridized carbons (Fsp3) is 0.591. The molecule has 29 heavy (non-hydrogen) atoms. The van der Waals surface area contributed by atoms with Crippen LogP contribution in [0.15, 0.2) is 24.3 Å². The molecule has 0 saturated heterocycles. The van der Waals surface area contributed by atoms with E-state index >= 15 is 0 Å². The van der Waals surface area contributed by atoms with E-state index in [4.69, 9.17) is 0 Å². The summed E-state index contributed by atoms with van der Waals surface area (Å²) in [7, 11) is 0. The molecule has 0 unspecified atom stereocenters. The van der Waals surface area contributed by atoms with E-state index in [2.05, 4.69) is 22.9 Å². The van der Waals surface area contributed by atoms with Crippen molar-refractivity contribution in [1.82, 2.24) is 10.2 Å². The molecular formula is C22H34N4O3. The van der Waals surface area contributed by atoms with Crippen LogP contribution < -0.4 is 16.0 Å². The highest BCUT2D eigenvalue weighted by molar-refractivity contribution is 5.93. The van der Waals surface area contributed by atoms with Gasteiger partial charge >= 0.3 is 0 Å². The standard InChI is InChI=1S/C22H34N4O3/c1-5-26(16(3)22(29)25-20-9-7-6-8-15(20)2)14-21(28)24-19-12-10-18(11-13-19)23-17(4)27/h10-13,15-16,20H,5-9,14H2,1-4H3,(H,23,27)(H,24,28)(H,25,29)/t15-,16+,20+/m0/s1. The largest absolute Gasteiger partial charge is 0.352 e. The van der Waals surface area contributed by atoms with E-state index in [9.17, 15) is 14.4 Å². The Morgan fingerprint density at radius 1 is 1.07 bits per heavy atom. The van der Waals surface area contributed by atoms with E-state index < -0.39 is 0 Å². The zero-order chi connectivity index (χ0) is 21.4. The van der Waals surface area contributed by atoms with E-state index in [1.54, 1.807) is 24.3 Å². The summed E-state index contributed by atoms with van der Waals surface area (Å²) >= 11 is 0. The molecule has 0 heterocycles. The van der Waals surface area contributed by atoms with Gasteiger partial charge in [0.2, 0.25) is 17.7 Å². The van der Waals surface area contributed by atoms with Gasteiger partial charge in [0.15, 0.2) is 0 Å². The molecule has 7 nitrogen and oxygen atoms in total. The van der Waals surface area contributed by atoms with Gasteiger partial charge in [0.05, 0.1) is 12.6 Å². The molecule has 3 atom stereocenters. The lowest BCUT2D eigenvalue weighted by atomic mass is 9.86. The minimum Gasteiger partial charge on any atom is -0.352 e. The summed E-state index contributed by atoms with van der Waals surface area (Å²) in [4.78, 5) is 38.1. The van der Waals surface area contributed by atoms with Gasteiger partial charge in [-0.3, -0.25) is 19.3 Å². The molecule has 1 aliphatic rings. The van der Waals surface area contributed by atoms with Crippen LogP contribution in [0, 0.1) is 5.92 Å². The predicted molar refractivity (Wildman–Crippen MR) is 116 cm³/mol. The number of nitrogens with zero attached hydrogens (tertiary/aromatic N) is 1. The Morgan fingerprint density at radius 3 is 2.21 bits per heavy atom. The number of amides is 3. The Balaban J connectivity index is 1.87. The number of hydrogen-bond donors (Lipinski definition) is 3. The number of carbonyl (C=O) groups is 3. The van der Waals surface area contributed by atoms with Crippen molar-refractivity contribution in [3.05, 3.63) is 24.3 Å². The second-order valence-electron chi connectivity index (χ2n) is 7.92. The lowest BCUT2D eigenvalue weighted by Crippen LogP contribution is -2.51. The van der Waals surface area contributed by atoms with Crippen LogP contribution in [0.4, 0.5) is 11.4 Å². The second kappa shape index (κ2) is 11.0. The van der Waals surface area contributed by atoms with Crippen molar-refractivity contribution >= 4 is 29.1 Å². The monoisotopic (exact) mass is 402 g/mol. The minimum atomic E-state index is -0.373. The van der Waals surface area contributed by atoms with E-state index in [1.165, 1.54) is 13.3 Å². The molecule has 0 aliphatic heterocycles. The molecule has 1 saturated carbocycles. The van der Waals surface area contributed by atoms with E-state index in [-0.39, 0.29) is 36.3 Å². The van der Waals surface area contributed by atoms with Crippen LogP contribution in [0.2, 0.25) is 0 Å². The lowest BCUT2D eigenvalue weighted by molar-refractivity contribution is -0.128. The highest BCUT2D eigenvalue weighted by Crippen LogP contribution is 2.24. The molecule has 0 aromatic heterocycles. The first-order valence-electron chi connectivity index (χ1n) is 10.5. The van der Waals surface area contributed by atoms with E-state index in [0.717, 1.165) is 19.3 Å². The summed E-state index contributed by atoms with van der Waals surface area (Å²) in [6.07, 6.45) is 4.57. The quantitative estimate of drug-likeness (QED) is 0.623. The number of carbonyl (C=O) groups excluding carboxylic acids is 3. The molecule has 3 N–H and O–H groups in total. The lowest BCUT2D eigenvalue weighted by Gasteiger charge is -2.33. The van der Waals surface area contributed by atoms with Crippen molar-refractivity contribution in [3.63, 3.8) is 0 Å². The molecule has 0 radical (unpaired) electrons. The molecule has 2 rings (SSSR count). The summed E-state index contributed by atoms with van der Waals surface area (Å²) in [5.74, 6) is 0.164. The Morgan fingerprint density at radius 2 is 1.66 bits per heavy atom. The first kappa shape index (κ1) is 22.9. The van der Waals surface area contributed by atoms with Crippen molar-refractivity contribution < 1.29 is 14.4 Å². The molecule has 0 spiro atoms. The molecule has 1 aliphatic carbocycles. The normalized spacial score (nSPS) is 20.0. The maximum absolute atomic E-state index is 12.7. The maximum Gasteiger partial charge on any atom is 0.238 e. The number of likely N-dealkylation sites (N-methyl/N-ethyl adjacent to an activating group) is 1.